The van der Waals surface area contributed by atoms with Crippen molar-refractivity contribution in [1.82, 2.24) is 9.55 Å². The van der Waals surface area contributed by atoms with Gasteiger partial charge in [0.25, 0.3) is 0 Å². The number of hydrogen-bond donors (Lipinski definition) is 2. The van der Waals surface area contributed by atoms with Crippen molar-refractivity contribution in [2.45, 2.75) is 45.6 Å². The number of rotatable bonds is 9. The Morgan fingerprint density at radius 1 is 1.06 bits per heavy atom. The summed E-state index contributed by atoms with van der Waals surface area (Å²) in [5, 5.41) is 2.86. The van der Waals surface area contributed by atoms with E-state index in [0.29, 0.717) is 18.7 Å². The highest BCUT2D eigenvalue weighted by Gasteiger charge is 2.16. The highest BCUT2D eigenvalue weighted by atomic mass is 35.5. The summed E-state index contributed by atoms with van der Waals surface area (Å²) in [7, 11) is 0. The van der Waals surface area contributed by atoms with Crippen molar-refractivity contribution in [3.63, 3.8) is 0 Å². The second-order valence-electron chi connectivity index (χ2n) is 7.38. The SMILES string of the molecule is CC(C)OCc1ccc(NC(=O)[C@@H](N)Cc2cn(Cc3ccccc3)cn2)cc1.Cl.Cl. The number of benzene rings is 2. The number of aromatic nitrogens is 2. The molecule has 0 aliphatic heterocycles. The average Bonchev–Trinajstić information content (AvgIpc) is 3.14. The van der Waals surface area contributed by atoms with E-state index in [-0.39, 0.29) is 36.8 Å². The van der Waals surface area contributed by atoms with Gasteiger partial charge in [-0.3, -0.25) is 4.79 Å². The lowest BCUT2D eigenvalue weighted by molar-refractivity contribution is -0.117. The second kappa shape index (κ2) is 13.1. The highest BCUT2D eigenvalue weighted by molar-refractivity contribution is 5.94. The fraction of sp³-hybridized carbons (Fsp3) is 0.304. The minimum atomic E-state index is -0.668. The Labute approximate surface area is 196 Å². The molecule has 0 unspecified atom stereocenters. The molecule has 0 aliphatic carbocycles. The molecule has 0 saturated heterocycles. The zero-order valence-electron chi connectivity index (χ0n) is 17.7. The van der Waals surface area contributed by atoms with Crippen LogP contribution in [0.3, 0.4) is 0 Å². The molecular formula is C23H30Cl2N4O2. The predicted molar refractivity (Wildman–Crippen MR) is 129 cm³/mol. The van der Waals surface area contributed by atoms with E-state index in [1.54, 1.807) is 6.33 Å². The monoisotopic (exact) mass is 464 g/mol. The van der Waals surface area contributed by atoms with Gasteiger partial charge in [0.2, 0.25) is 5.91 Å². The summed E-state index contributed by atoms with van der Waals surface area (Å²) >= 11 is 0. The van der Waals surface area contributed by atoms with Gasteiger partial charge < -0.3 is 20.4 Å². The van der Waals surface area contributed by atoms with Crippen LogP contribution in [0.15, 0.2) is 67.1 Å². The summed E-state index contributed by atoms with van der Waals surface area (Å²) in [4.78, 5) is 16.8. The molecule has 3 N–H and O–H groups in total. The number of nitrogens with one attached hydrogen (secondary N) is 1. The van der Waals surface area contributed by atoms with Crippen LogP contribution in [-0.2, 0) is 29.1 Å². The molecule has 0 aliphatic rings. The Bertz CT molecular complexity index is 915. The van der Waals surface area contributed by atoms with Crippen molar-refractivity contribution in [3.05, 3.63) is 83.9 Å². The lowest BCUT2D eigenvalue weighted by Crippen LogP contribution is -2.37. The number of carbonyl (C=O) groups excluding carboxylic acids is 1. The highest BCUT2D eigenvalue weighted by Crippen LogP contribution is 2.12. The number of amides is 1. The number of ether oxygens (including phenoxy) is 1. The molecule has 0 fully saturated rings. The Morgan fingerprint density at radius 2 is 1.74 bits per heavy atom. The van der Waals surface area contributed by atoms with Crippen LogP contribution in [0.25, 0.3) is 0 Å². The smallest absolute Gasteiger partial charge is 0.241 e. The Kier molecular flexibility index (Phi) is 11.3. The summed E-state index contributed by atoms with van der Waals surface area (Å²) in [6, 6.07) is 17.1. The Balaban J connectivity index is 0.00000240. The van der Waals surface area contributed by atoms with E-state index in [1.807, 2.05) is 67.1 Å². The molecule has 1 atom stereocenters. The molecule has 3 rings (SSSR count). The van der Waals surface area contributed by atoms with Crippen molar-refractivity contribution >= 4 is 36.4 Å². The molecule has 0 bridgehead atoms. The number of nitrogens with zero attached hydrogens (tertiary/aromatic N) is 2. The van der Waals surface area contributed by atoms with Gasteiger partial charge in [-0.2, -0.15) is 0 Å². The molecule has 0 spiro atoms. The van der Waals surface area contributed by atoms with Crippen molar-refractivity contribution < 1.29 is 9.53 Å². The zero-order valence-corrected chi connectivity index (χ0v) is 19.4. The van der Waals surface area contributed by atoms with Crippen LogP contribution in [0, 0.1) is 0 Å². The largest absolute Gasteiger partial charge is 0.374 e. The fourth-order valence-corrected chi connectivity index (χ4v) is 2.89. The standard InChI is InChI=1S/C23H28N4O2.2ClH/c1-17(2)29-15-19-8-10-20(11-9-19)26-23(28)22(24)12-21-14-27(16-25-21)13-18-6-4-3-5-7-18;;/h3-11,14,16-17,22H,12-13,15,24H2,1-2H3,(H,26,28);2*1H/t22-;;/m0../s1. The third kappa shape index (κ3) is 8.71. The van der Waals surface area contributed by atoms with E-state index < -0.39 is 6.04 Å². The van der Waals surface area contributed by atoms with Crippen LogP contribution < -0.4 is 11.1 Å². The maximum absolute atomic E-state index is 12.4. The number of imidazole rings is 1. The molecule has 0 saturated carbocycles. The molecule has 8 heteroatoms. The predicted octanol–water partition coefficient (Wildman–Crippen LogP) is 4.21. The molecule has 3 aromatic rings. The molecule has 1 aromatic heterocycles. The molecular weight excluding hydrogens is 435 g/mol. The van der Waals surface area contributed by atoms with Crippen LogP contribution in [0.4, 0.5) is 5.69 Å². The molecule has 168 valence electrons. The van der Waals surface area contributed by atoms with E-state index in [9.17, 15) is 4.79 Å². The topological polar surface area (TPSA) is 82.2 Å². The van der Waals surface area contributed by atoms with Gasteiger partial charge in [0.1, 0.15) is 0 Å². The minimum absolute atomic E-state index is 0. The molecule has 31 heavy (non-hydrogen) atoms. The summed E-state index contributed by atoms with van der Waals surface area (Å²) in [5.74, 6) is -0.228. The van der Waals surface area contributed by atoms with E-state index in [2.05, 4.69) is 22.4 Å². The summed E-state index contributed by atoms with van der Waals surface area (Å²) in [5.41, 5.74) is 9.86. The van der Waals surface area contributed by atoms with Crippen LogP contribution in [-0.4, -0.2) is 27.6 Å². The van der Waals surface area contributed by atoms with Crippen molar-refractivity contribution in [2.24, 2.45) is 5.73 Å². The van der Waals surface area contributed by atoms with Gasteiger partial charge in [-0.1, -0.05) is 42.5 Å². The molecule has 1 amide bonds. The average molecular weight is 465 g/mol. The van der Waals surface area contributed by atoms with Gasteiger partial charge in [0.05, 0.1) is 30.8 Å². The first-order valence-corrected chi connectivity index (χ1v) is 9.81. The normalized spacial score (nSPS) is 11.4. The number of carbonyl (C=O) groups is 1. The second-order valence-corrected chi connectivity index (χ2v) is 7.38. The lowest BCUT2D eigenvalue weighted by atomic mass is 10.1. The van der Waals surface area contributed by atoms with Gasteiger partial charge in [0, 0.05) is 24.8 Å². The first-order valence-electron chi connectivity index (χ1n) is 9.81. The molecule has 2 aromatic carbocycles. The van der Waals surface area contributed by atoms with E-state index in [0.717, 1.165) is 17.8 Å². The fourth-order valence-electron chi connectivity index (χ4n) is 2.89. The van der Waals surface area contributed by atoms with Gasteiger partial charge in [-0.15, -0.1) is 24.8 Å². The minimum Gasteiger partial charge on any atom is -0.374 e. The number of nitrogens with two attached hydrogens (primary N) is 1. The first kappa shape index (κ1) is 26.7. The third-order valence-corrected chi connectivity index (χ3v) is 4.47. The Hall–Kier alpha value is -2.38. The Morgan fingerprint density at radius 3 is 2.39 bits per heavy atom. The quantitative estimate of drug-likeness (QED) is 0.496. The third-order valence-electron chi connectivity index (χ3n) is 4.47. The summed E-state index contributed by atoms with van der Waals surface area (Å²) in [6.45, 7) is 5.29. The first-order chi connectivity index (χ1) is 14.0. The number of anilines is 1. The van der Waals surface area contributed by atoms with Gasteiger partial charge >= 0.3 is 0 Å². The van der Waals surface area contributed by atoms with Crippen LogP contribution in [0.1, 0.15) is 30.7 Å². The van der Waals surface area contributed by atoms with E-state index in [1.165, 1.54) is 5.56 Å². The van der Waals surface area contributed by atoms with Crippen LogP contribution in [0.2, 0.25) is 0 Å². The number of hydrogen-bond acceptors (Lipinski definition) is 4. The van der Waals surface area contributed by atoms with Crippen LogP contribution >= 0.6 is 24.8 Å². The maximum atomic E-state index is 12.4. The molecule has 6 nitrogen and oxygen atoms in total. The number of halogens is 2. The zero-order chi connectivity index (χ0) is 20.6. The van der Waals surface area contributed by atoms with Crippen LogP contribution in [0.5, 0.6) is 0 Å². The van der Waals surface area contributed by atoms with Gasteiger partial charge in [0.15, 0.2) is 0 Å². The van der Waals surface area contributed by atoms with Crippen molar-refractivity contribution in [1.29, 1.82) is 0 Å². The van der Waals surface area contributed by atoms with E-state index in [4.69, 9.17) is 10.5 Å². The molecule has 0 radical (unpaired) electrons. The van der Waals surface area contributed by atoms with Gasteiger partial charge in [-0.05, 0) is 37.1 Å². The van der Waals surface area contributed by atoms with Gasteiger partial charge in [-0.25, -0.2) is 4.98 Å². The van der Waals surface area contributed by atoms with E-state index >= 15 is 0 Å². The van der Waals surface area contributed by atoms with Crippen molar-refractivity contribution in [2.75, 3.05) is 5.32 Å². The lowest BCUT2D eigenvalue weighted by Gasteiger charge is -2.12. The summed E-state index contributed by atoms with van der Waals surface area (Å²) < 4.78 is 7.57. The maximum Gasteiger partial charge on any atom is 0.241 e. The van der Waals surface area contributed by atoms with Crippen molar-refractivity contribution in [3.8, 4) is 0 Å². The molecule has 1 heterocycles. The summed E-state index contributed by atoms with van der Waals surface area (Å²) in [6.07, 6.45) is 4.27.